The Kier molecular flexibility index (Phi) is 13.0. The molecule has 0 spiro atoms. The zero-order valence-electron chi connectivity index (χ0n) is 31.6. The van der Waals surface area contributed by atoms with Crippen LogP contribution in [0.25, 0.3) is 22.3 Å². The number of hydrogen-bond acceptors (Lipinski definition) is 21. The molecule has 3 aromatic rings. The predicted molar refractivity (Wildman–Crippen MR) is 188 cm³/mol. The van der Waals surface area contributed by atoms with E-state index in [0.717, 1.165) is 58.9 Å². The lowest BCUT2D eigenvalue weighted by Gasteiger charge is -2.45. The average Bonchev–Trinajstić information content (AvgIpc) is 3.10. The summed E-state index contributed by atoms with van der Waals surface area (Å²) in [4.78, 5) is 75.1. The molecular formula is C37H40O21. The maximum Gasteiger partial charge on any atom is 0.303 e. The van der Waals surface area contributed by atoms with E-state index in [2.05, 4.69) is 0 Å². The quantitative estimate of drug-likeness (QED) is 0.103. The lowest BCUT2D eigenvalue weighted by atomic mass is 9.97. The summed E-state index contributed by atoms with van der Waals surface area (Å²) >= 11 is 0. The molecule has 0 bridgehead atoms. The molecule has 2 aliphatic heterocycles. The third-order valence-electron chi connectivity index (χ3n) is 8.67. The van der Waals surface area contributed by atoms with E-state index in [-0.39, 0.29) is 11.1 Å². The molecule has 314 valence electrons. The Morgan fingerprint density at radius 2 is 1.22 bits per heavy atom. The first kappa shape index (κ1) is 43.0. The molecule has 0 saturated carbocycles. The summed E-state index contributed by atoms with van der Waals surface area (Å²) in [7, 11) is 0. The number of benzene rings is 2. The Hall–Kier alpha value is -6.16. The van der Waals surface area contributed by atoms with Gasteiger partial charge in [-0.15, -0.1) is 0 Å². The second-order valence-corrected chi connectivity index (χ2v) is 13.2. The summed E-state index contributed by atoms with van der Waals surface area (Å²) in [6, 6.07) is 5.09. The number of rotatable bonds is 11. The van der Waals surface area contributed by atoms with Crippen molar-refractivity contribution < 1.29 is 96.6 Å². The summed E-state index contributed by atoms with van der Waals surface area (Å²) < 4.78 is 56.6. The first-order valence-electron chi connectivity index (χ1n) is 17.4. The van der Waals surface area contributed by atoms with Gasteiger partial charge in [-0.3, -0.25) is 28.8 Å². The lowest BCUT2D eigenvalue weighted by Crippen LogP contribution is -2.64. The largest absolute Gasteiger partial charge is 0.508 e. The van der Waals surface area contributed by atoms with Gasteiger partial charge in [0.25, 0.3) is 0 Å². The molecule has 0 aliphatic carbocycles. The molecule has 0 amide bonds. The zero-order valence-corrected chi connectivity index (χ0v) is 31.6. The van der Waals surface area contributed by atoms with Crippen molar-refractivity contribution in [2.24, 2.45) is 0 Å². The van der Waals surface area contributed by atoms with Gasteiger partial charge in [-0.2, -0.15) is 0 Å². The minimum absolute atomic E-state index is 0.0962. The van der Waals surface area contributed by atoms with Crippen LogP contribution >= 0.6 is 0 Å². The second kappa shape index (κ2) is 17.5. The smallest absolute Gasteiger partial charge is 0.303 e. The van der Waals surface area contributed by atoms with E-state index < -0.39 is 143 Å². The summed E-state index contributed by atoms with van der Waals surface area (Å²) in [5, 5.41) is 52.0. The monoisotopic (exact) mass is 820 g/mol. The molecule has 58 heavy (non-hydrogen) atoms. The number of aliphatic hydroxyl groups is 1. The Labute approximate surface area is 327 Å². The summed E-state index contributed by atoms with van der Waals surface area (Å²) in [5.41, 5.74) is -1.54. The van der Waals surface area contributed by atoms with Crippen molar-refractivity contribution in [1.82, 2.24) is 0 Å². The fourth-order valence-corrected chi connectivity index (χ4v) is 6.43. The highest BCUT2D eigenvalue weighted by Gasteiger charge is 2.54. The number of fused-ring (bicyclic) bond motifs is 1. The number of esters is 5. The minimum atomic E-state index is -2.06. The molecule has 2 aliphatic rings. The van der Waals surface area contributed by atoms with Crippen molar-refractivity contribution in [1.29, 1.82) is 0 Å². The van der Waals surface area contributed by atoms with Gasteiger partial charge >= 0.3 is 29.8 Å². The maximum atomic E-state index is 14.0. The fourth-order valence-electron chi connectivity index (χ4n) is 6.43. The van der Waals surface area contributed by atoms with Crippen LogP contribution in [0.1, 0.15) is 41.5 Å². The third-order valence-corrected chi connectivity index (χ3v) is 8.67. The van der Waals surface area contributed by atoms with Crippen LogP contribution < -0.4 is 10.2 Å². The molecule has 2 saturated heterocycles. The second-order valence-electron chi connectivity index (χ2n) is 13.2. The fraction of sp³-hybridized carbons (Fsp3) is 0.459. The third kappa shape index (κ3) is 9.50. The number of hydrogen-bond donors (Lipinski definition) is 5. The van der Waals surface area contributed by atoms with Gasteiger partial charge in [-0.1, -0.05) is 0 Å². The van der Waals surface area contributed by atoms with Gasteiger partial charge < -0.3 is 72.6 Å². The molecule has 0 radical (unpaired) electrons. The van der Waals surface area contributed by atoms with Crippen LogP contribution in [0.15, 0.2) is 39.5 Å². The normalized spacial score (nSPS) is 26.9. The van der Waals surface area contributed by atoms with Gasteiger partial charge in [-0.25, -0.2) is 0 Å². The summed E-state index contributed by atoms with van der Waals surface area (Å²) in [6.45, 7) is 5.89. The topological polar surface area (TPSA) is 300 Å². The van der Waals surface area contributed by atoms with Crippen LogP contribution in [-0.4, -0.2) is 123 Å². The molecule has 5 rings (SSSR count). The number of aromatic hydroxyl groups is 4. The van der Waals surface area contributed by atoms with Gasteiger partial charge in [-0.05, 0) is 25.1 Å². The molecule has 21 nitrogen and oxygen atoms in total. The van der Waals surface area contributed by atoms with Gasteiger partial charge in [0, 0.05) is 52.3 Å². The van der Waals surface area contributed by atoms with Crippen LogP contribution in [0.3, 0.4) is 0 Å². The van der Waals surface area contributed by atoms with E-state index in [9.17, 15) is 54.3 Å². The van der Waals surface area contributed by atoms with E-state index in [0.29, 0.717) is 0 Å². The number of ether oxygens (including phenoxy) is 9. The highest BCUT2D eigenvalue weighted by Crippen LogP contribution is 2.40. The van der Waals surface area contributed by atoms with Gasteiger partial charge in [0.15, 0.2) is 60.2 Å². The van der Waals surface area contributed by atoms with Crippen LogP contribution in [0.4, 0.5) is 0 Å². The molecule has 2 fully saturated rings. The van der Waals surface area contributed by atoms with Crippen LogP contribution in [0.2, 0.25) is 0 Å². The highest BCUT2D eigenvalue weighted by atomic mass is 16.8. The first-order chi connectivity index (χ1) is 27.2. The molecule has 21 heteroatoms. The molecule has 5 N–H and O–H groups in total. The number of carbonyl (C=O) groups excluding carboxylic acids is 5. The summed E-state index contributed by atoms with van der Waals surface area (Å²) in [5.74, 6) is -8.11. The van der Waals surface area contributed by atoms with E-state index in [1.807, 2.05) is 0 Å². The van der Waals surface area contributed by atoms with Crippen LogP contribution in [0.5, 0.6) is 28.7 Å². The molecule has 2 aromatic carbocycles. The Morgan fingerprint density at radius 3 is 1.83 bits per heavy atom. The maximum absolute atomic E-state index is 14.0. The van der Waals surface area contributed by atoms with Crippen LogP contribution in [-0.2, 0) is 61.9 Å². The highest BCUT2D eigenvalue weighted by molar-refractivity contribution is 5.88. The van der Waals surface area contributed by atoms with Crippen molar-refractivity contribution >= 4 is 40.8 Å². The number of aliphatic hydroxyl groups excluding tert-OH is 1. The van der Waals surface area contributed by atoms with Gasteiger partial charge in [0.05, 0.1) is 12.7 Å². The molecule has 10 atom stereocenters. The molecular weight excluding hydrogens is 780 g/mol. The number of carbonyl (C=O) groups is 5. The van der Waals surface area contributed by atoms with Gasteiger partial charge in [0.2, 0.25) is 17.5 Å². The van der Waals surface area contributed by atoms with Crippen molar-refractivity contribution in [3.05, 3.63) is 40.6 Å². The van der Waals surface area contributed by atoms with E-state index in [4.69, 9.17) is 47.0 Å². The van der Waals surface area contributed by atoms with Crippen LogP contribution in [0, 0.1) is 0 Å². The van der Waals surface area contributed by atoms with Crippen molar-refractivity contribution in [2.45, 2.75) is 103 Å². The predicted octanol–water partition coefficient (Wildman–Crippen LogP) is 1.17. The SMILES string of the molecule is CC(=O)O[C@@H]1[C@@H](OC(C)=O)[C@H](C)O[C@H](OC[C@H]2O[C@H](Oc3c(-c4ccc(O)c(O)c4)oc4cc(O)cc(O)c4c3=O)[C@H](O)[C@H](OC(C)=O)[C@H]2OC(C)=O)[C@@H]1OC(C)=O. The number of phenols is 4. The number of phenolic OH excluding ortho intramolecular Hbond substituents is 4. The van der Waals surface area contributed by atoms with Gasteiger partial charge in [0.1, 0.15) is 28.6 Å². The molecule has 0 unspecified atom stereocenters. The Bertz CT molecular complexity index is 2130. The zero-order chi connectivity index (χ0) is 42.7. The van der Waals surface area contributed by atoms with E-state index in [1.165, 1.54) is 13.0 Å². The van der Waals surface area contributed by atoms with Crippen molar-refractivity contribution in [2.75, 3.05) is 6.61 Å². The van der Waals surface area contributed by atoms with E-state index >= 15 is 0 Å². The Balaban J connectivity index is 1.57. The molecule has 1 aromatic heterocycles. The standard InChI is InChI=1S/C37H40O21/c1-13-29(51-14(2)38)34(54-17(5)41)35(55-18(6)42)37(50-13)49-12-25-31(52-15(3)39)33(53-16(4)40)28(48)36(57-25)58-32-27(47)26-23(46)10-20(43)11-24(26)56-30(32)19-7-8-21(44)22(45)9-19/h7-11,13,25,28-29,31,33-37,43-46,48H,12H2,1-6H3/t13-,25+,28+,29-,31-,33-,34+,35+,36+,37-/m0/s1. The lowest BCUT2D eigenvalue weighted by molar-refractivity contribution is -0.322. The summed E-state index contributed by atoms with van der Waals surface area (Å²) in [6.07, 6.45) is -16.2. The minimum Gasteiger partial charge on any atom is -0.508 e. The van der Waals surface area contributed by atoms with E-state index in [1.54, 1.807) is 0 Å². The van der Waals surface area contributed by atoms with Crippen molar-refractivity contribution in [3.8, 4) is 40.1 Å². The van der Waals surface area contributed by atoms with Crippen molar-refractivity contribution in [3.63, 3.8) is 0 Å². The first-order valence-corrected chi connectivity index (χ1v) is 17.4. The molecule has 3 heterocycles. The average molecular weight is 821 g/mol. The Morgan fingerprint density at radius 1 is 0.655 bits per heavy atom.